The van der Waals surface area contributed by atoms with Gasteiger partial charge in [0, 0.05) is 12.2 Å². The van der Waals surface area contributed by atoms with Crippen molar-refractivity contribution in [1.29, 1.82) is 0 Å². The molecule has 0 atom stereocenters. The highest BCUT2D eigenvalue weighted by Crippen LogP contribution is 2.23. The van der Waals surface area contributed by atoms with Crippen molar-refractivity contribution < 1.29 is 17.9 Å². The normalized spacial score (nSPS) is 11.0. The highest BCUT2D eigenvalue weighted by molar-refractivity contribution is 7.89. The minimum Gasteiger partial charge on any atom is -0.497 e. The molecule has 0 unspecified atom stereocenters. The number of amides is 1. The molecule has 1 amide bonds. The van der Waals surface area contributed by atoms with Crippen molar-refractivity contribution in [2.24, 2.45) is 0 Å². The van der Waals surface area contributed by atoms with Crippen LogP contribution < -0.4 is 20.1 Å². The highest BCUT2D eigenvalue weighted by atomic mass is 32.2. The summed E-state index contributed by atoms with van der Waals surface area (Å²) in [6, 6.07) is 21.0. The fourth-order valence-corrected chi connectivity index (χ4v) is 3.53. The number of sulfonamides is 1. The van der Waals surface area contributed by atoms with Gasteiger partial charge in [0.15, 0.2) is 0 Å². The lowest BCUT2D eigenvalue weighted by Crippen LogP contribution is -2.23. The maximum Gasteiger partial charge on any atom is 0.253 e. The fourth-order valence-electron chi connectivity index (χ4n) is 2.80. The minimum absolute atomic E-state index is 0.175. The van der Waals surface area contributed by atoms with Crippen molar-refractivity contribution in [3.8, 4) is 5.75 Å². The molecule has 0 aliphatic heterocycles. The van der Waals surface area contributed by atoms with Crippen LogP contribution >= 0.6 is 0 Å². The molecule has 30 heavy (non-hydrogen) atoms. The largest absolute Gasteiger partial charge is 0.497 e. The van der Waals surface area contributed by atoms with Crippen LogP contribution in [0.3, 0.4) is 0 Å². The van der Waals surface area contributed by atoms with E-state index in [-0.39, 0.29) is 17.3 Å². The van der Waals surface area contributed by atoms with Crippen molar-refractivity contribution in [2.75, 3.05) is 19.5 Å². The first-order valence-corrected chi connectivity index (χ1v) is 10.7. The van der Waals surface area contributed by atoms with Crippen LogP contribution in [0.1, 0.15) is 15.9 Å². The van der Waals surface area contributed by atoms with Crippen LogP contribution in [0.4, 0.5) is 11.4 Å². The summed E-state index contributed by atoms with van der Waals surface area (Å²) in [4.78, 5) is 12.9. The summed E-state index contributed by atoms with van der Waals surface area (Å²) in [5, 5.41) is 6.11. The number of carbonyl (C=O) groups excluding carboxylic acids is 1. The van der Waals surface area contributed by atoms with Gasteiger partial charge in [0.05, 0.1) is 23.3 Å². The molecule has 0 radical (unpaired) electrons. The Hall–Kier alpha value is -3.36. The molecule has 156 valence electrons. The molecule has 0 heterocycles. The maximum absolute atomic E-state index is 12.7. The van der Waals surface area contributed by atoms with Crippen LogP contribution in [0.2, 0.25) is 0 Å². The Morgan fingerprint density at radius 1 is 0.933 bits per heavy atom. The van der Waals surface area contributed by atoms with Gasteiger partial charge in [0.2, 0.25) is 10.0 Å². The third kappa shape index (κ3) is 5.16. The predicted octanol–water partition coefficient (Wildman–Crippen LogP) is 3.28. The van der Waals surface area contributed by atoms with Gasteiger partial charge in [-0.3, -0.25) is 4.79 Å². The van der Waals surface area contributed by atoms with Gasteiger partial charge in [-0.1, -0.05) is 24.3 Å². The second-order valence-corrected chi connectivity index (χ2v) is 8.32. The van der Waals surface area contributed by atoms with E-state index in [1.807, 2.05) is 36.4 Å². The average Bonchev–Trinajstić information content (AvgIpc) is 2.78. The second kappa shape index (κ2) is 9.43. The van der Waals surface area contributed by atoms with Crippen molar-refractivity contribution in [3.63, 3.8) is 0 Å². The molecule has 0 aliphatic carbocycles. The van der Waals surface area contributed by atoms with Crippen molar-refractivity contribution in [3.05, 3.63) is 83.9 Å². The molecule has 3 N–H and O–H groups in total. The number of anilines is 2. The molecule has 3 aromatic rings. The Kier molecular flexibility index (Phi) is 6.71. The minimum atomic E-state index is -3.48. The van der Waals surface area contributed by atoms with E-state index in [0.29, 0.717) is 11.3 Å². The molecule has 8 heteroatoms. The van der Waals surface area contributed by atoms with Gasteiger partial charge in [-0.05, 0) is 61.1 Å². The van der Waals surface area contributed by atoms with E-state index in [2.05, 4.69) is 15.4 Å². The second-order valence-electron chi connectivity index (χ2n) is 6.43. The van der Waals surface area contributed by atoms with E-state index in [9.17, 15) is 13.2 Å². The van der Waals surface area contributed by atoms with Crippen LogP contribution in [-0.4, -0.2) is 28.5 Å². The number of nitrogens with one attached hydrogen (secondary N) is 3. The molecule has 0 aromatic heterocycles. The Bertz CT molecular complexity index is 1110. The molecular weight excluding hydrogens is 402 g/mol. The van der Waals surface area contributed by atoms with Gasteiger partial charge < -0.3 is 15.4 Å². The zero-order valence-electron chi connectivity index (χ0n) is 16.7. The van der Waals surface area contributed by atoms with Gasteiger partial charge in [0.1, 0.15) is 5.75 Å². The number of hydrogen-bond donors (Lipinski definition) is 3. The van der Waals surface area contributed by atoms with Gasteiger partial charge >= 0.3 is 0 Å². The van der Waals surface area contributed by atoms with E-state index in [4.69, 9.17) is 4.74 Å². The van der Waals surface area contributed by atoms with Gasteiger partial charge in [-0.15, -0.1) is 0 Å². The summed E-state index contributed by atoms with van der Waals surface area (Å²) in [6.45, 7) is 0.273. The standard InChI is InChI=1S/C22H23N3O4S/c1-23-30(27,28)19-13-7-16(8-14-19)15-24-22(26)20-5-3-4-6-21(20)25-17-9-11-18(29-2)12-10-17/h3-14,23,25H,15H2,1-2H3,(H,24,26). The summed E-state index contributed by atoms with van der Waals surface area (Å²) < 4.78 is 31.0. The lowest BCUT2D eigenvalue weighted by molar-refractivity contribution is 0.0951. The molecule has 0 aliphatic rings. The molecule has 0 spiro atoms. The molecule has 0 saturated carbocycles. The molecule has 0 bridgehead atoms. The lowest BCUT2D eigenvalue weighted by Gasteiger charge is -2.13. The predicted molar refractivity (Wildman–Crippen MR) is 117 cm³/mol. The monoisotopic (exact) mass is 425 g/mol. The molecule has 0 saturated heterocycles. The SMILES string of the molecule is CNS(=O)(=O)c1ccc(CNC(=O)c2ccccc2Nc2ccc(OC)cc2)cc1. The zero-order valence-corrected chi connectivity index (χ0v) is 17.5. The number of methoxy groups -OCH3 is 1. The lowest BCUT2D eigenvalue weighted by atomic mass is 10.1. The number of ether oxygens (including phenoxy) is 1. The number of rotatable bonds is 8. The Morgan fingerprint density at radius 2 is 1.60 bits per heavy atom. The third-order valence-electron chi connectivity index (χ3n) is 4.50. The summed E-state index contributed by atoms with van der Waals surface area (Å²) in [7, 11) is -0.514. The van der Waals surface area contributed by atoms with E-state index >= 15 is 0 Å². The Labute approximate surface area is 176 Å². The summed E-state index contributed by atoms with van der Waals surface area (Å²) in [5.74, 6) is 0.513. The first kappa shape index (κ1) is 21.4. The number of hydrogen-bond acceptors (Lipinski definition) is 5. The smallest absolute Gasteiger partial charge is 0.253 e. The van der Waals surface area contributed by atoms with Crippen molar-refractivity contribution in [2.45, 2.75) is 11.4 Å². The molecule has 3 aromatic carbocycles. The summed E-state index contributed by atoms with van der Waals surface area (Å²) in [5.41, 5.74) is 2.80. The molecular formula is C22H23N3O4S. The molecule has 3 rings (SSSR count). The molecule has 7 nitrogen and oxygen atoms in total. The first-order chi connectivity index (χ1) is 14.4. The van der Waals surface area contributed by atoms with Gasteiger partial charge in [0.25, 0.3) is 5.91 Å². The quantitative estimate of drug-likeness (QED) is 0.515. The van der Waals surface area contributed by atoms with E-state index < -0.39 is 10.0 Å². The van der Waals surface area contributed by atoms with Crippen LogP contribution in [0.15, 0.2) is 77.7 Å². The van der Waals surface area contributed by atoms with Crippen LogP contribution in [0, 0.1) is 0 Å². The Morgan fingerprint density at radius 3 is 2.23 bits per heavy atom. The van der Waals surface area contributed by atoms with Gasteiger partial charge in [-0.25, -0.2) is 13.1 Å². The molecule has 0 fully saturated rings. The first-order valence-electron chi connectivity index (χ1n) is 9.24. The fraction of sp³-hybridized carbons (Fsp3) is 0.136. The van der Waals surface area contributed by atoms with Crippen LogP contribution in [-0.2, 0) is 16.6 Å². The summed E-state index contributed by atoms with van der Waals surface area (Å²) >= 11 is 0. The zero-order chi connectivity index (χ0) is 21.6. The van der Waals surface area contributed by atoms with E-state index in [0.717, 1.165) is 17.0 Å². The average molecular weight is 426 g/mol. The topological polar surface area (TPSA) is 96.5 Å². The van der Waals surface area contributed by atoms with Crippen molar-refractivity contribution >= 4 is 27.3 Å². The van der Waals surface area contributed by atoms with Crippen LogP contribution in [0.25, 0.3) is 0 Å². The van der Waals surface area contributed by atoms with Crippen LogP contribution in [0.5, 0.6) is 5.75 Å². The van der Waals surface area contributed by atoms with Gasteiger partial charge in [-0.2, -0.15) is 0 Å². The summed E-state index contributed by atoms with van der Waals surface area (Å²) in [6.07, 6.45) is 0. The number of para-hydroxylation sites is 1. The van der Waals surface area contributed by atoms with E-state index in [1.54, 1.807) is 31.4 Å². The third-order valence-corrected chi connectivity index (χ3v) is 5.93. The van der Waals surface area contributed by atoms with Crippen molar-refractivity contribution in [1.82, 2.24) is 10.0 Å². The number of carbonyl (C=O) groups is 1. The maximum atomic E-state index is 12.7. The Balaban J connectivity index is 1.68. The number of benzene rings is 3. The van der Waals surface area contributed by atoms with E-state index in [1.165, 1.54) is 19.2 Å². The highest BCUT2D eigenvalue weighted by Gasteiger charge is 2.13.